The summed E-state index contributed by atoms with van der Waals surface area (Å²) in [5.41, 5.74) is 1.85. The standard InChI is InChI=1S/C13H10BrNO/c14-11-2-1-3-12(8-11)15-9-10-4-6-13(16)7-5-10/h1-9,16H. The molecule has 3 heteroatoms. The van der Waals surface area contributed by atoms with Crippen molar-refractivity contribution in [1.29, 1.82) is 0 Å². The molecule has 0 unspecified atom stereocenters. The minimum atomic E-state index is 0.264. The Labute approximate surface area is 102 Å². The second kappa shape index (κ2) is 4.94. The molecule has 2 aromatic rings. The van der Waals surface area contributed by atoms with Crippen LogP contribution in [0.2, 0.25) is 0 Å². The van der Waals surface area contributed by atoms with Gasteiger partial charge in [0.2, 0.25) is 0 Å². The summed E-state index contributed by atoms with van der Waals surface area (Å²) in [5.74, 6) is 0.264. The molecule has 0 radical (unpaired) electrons. The number of hydrogen-bond acceptors (Lipinski definition) is 2. The van der Waals surface area contributed by atoms with E-state index in [1.54, 1.807) is 18.3 Å². The lowest BCUT2D eigenvalue weighted by Gasteiger charge is -1.95. The lowest BCUT2D eigenvalue weighted by molar-refractivity contribution is 0.475. The maximum atomic E-state index is 9.13. The number of nitrogens with zero attached hydrogens (tertiary/aromatic N) is 1. The van der Waals surface area contributed by atoms with Crippen LogP contribution < -0.4 is 0 Å². The summed E-state index contributed by atoms with van der Waals surface area (Å²) in [6.07, 6.45) is 1.77. The third-order valence-corrected chi connectivity index (χ3v) is 2.56. The number of aliphatic imine (C=N–C) groups is 1. The molecule has 2 rings (SSSR count). The first-order chi connectivity index (χ1) is 7.74. The fourth-order valence-electron chi connectivity index (χ4n) is 1.27. The summed E-state index contributed by atoms with van der Waals surface area (Å²) < 4.78 is 1.01. The molecule has 80 valence electrons. The monoisotopic (exact) mass is 275 g/mol. The highest BCUT2D eigenvalue weighted by atomic mass is 79.9. The molecule has 0 spiro atoms. The van der Waals surface area contributed by atoms with E-state index in [1.807, 2.05) is 36.4 Å². The summed E-state index contributed by atoms with van der Waals surface area (Å²) in [5, 5.41) is 9.13. The molecule has 0 heterocycles. The van der Waals surface area contributed by atoms with E-state index < -0.39 is 0 Å². The molecule has 0 aliphatic heterocycles. The Morgan fingerprint density at radius 2 is 1.81 bits per heavy atom. The second-order valence-corrected chi connectivity index (χ2v) is 4.25. The van der Waals surface area contributed by atoms with Crippen molar-refractivity contribution in [2.45, 2.75) is 0 Å². The van der Waals surface area contributed by atoms with Gasteiger partial charge in [0.1, 0.15) is 5.75 Å². The average molecular weight is 276 g/mol. The predicted octanol–water partition coefficient (Wildman–Crippen LogP) is 3.91. The Kier molecular flexibility index (Phi) is 3.37. The zero-order chi connectivity index (χ0) is 11.4. The van der Waals surface area contributed by atoms with Crippen molar-refractivity contribution in [3.05, 3.63) is 58.6 Å². The number of aromatic hydroxyl groups is 1. The summed E-state index contributed by atoms with van der Waals surface area (Å²) >= 11 is 3.39. The Balaban J connectivity index is 2.18. The van der Waals surface area contributed by atoms with Gasteiger partial charge in [-0.3, -0.25) is 4.99 Å². The molecule has 0 aliphatic carbocycles. The quantitative estimate of drug-likeness (QED) is 0.829. The van der Waals surface area contributed by atoms with Crippen LogP contribution in [0.4, 0.5) is 5.69 Å². The van der Waals surface area contributed by atoms with Crippen LogP contribution in [0, 0.1) is 0 Å². The topological polar surface area (TPSA) is 32.6 Å². The number of hydrogen-bond donors (Lipinski definition) is 1. The first-order valence-electron chi connectivity index (χ1n) is 4.83. The first kappa shape index (κ1) is 10.9. The summed E-state index contributed by atoms with van der Waals surface area (Å²) in [6, 6.07) is 14.7. The third-order valence-electron chi connectivity index (χ3n) is 2.06. The maximum absolute atomic E-state index is 9.13. The summed E-state index contributed by atoms with van der Waals surface area (Å²) in [6.45, 7) is 0. The third kappa shape index (κ3) is 2.94. The van der Waals surface area contributed by atoms with Gasteiger partial charge in [0.15, 0.2) is 0 Å². The molecule has 0 saturated carbocycles. The molecule has 0 atom stereocenters. The molecule has 2 nitrogen and oxygen atoms in total. The fraction of sp³-hybridized carbons (Fsp3) is 0. The minimum absolute atomic E-state index is 0.264. The van der Waals surface area contributed by atoms with Gasteiger partial charge in [-0.1, -0.05) is 22.0 Å². The Morgan fingerprint density at radius 1 is 1.06 bits per heavy atom. The molecule has 0 saturated heterocycles. The van der Waals surface area contributed by atoms with Crippen molar-refractivity contribution in [2.75, 3.05) is 0 Å². The Hall–Kier alpha value is -1.61. The van der Waals surface area contributed by atoms with E-state index in [2.05, 4.69) is 20.9 Å². The van der Waals surface area contributed by atoms with E-state index in [-0.39, 0.29) is 5.75 Å². The SMILES string of the molecule is Oc1ccc(C=Nc2cccc(Br)c2)cc1. The van der Waals surface area contributed by atoms with Gasteiger partial charge >= 0.3 is 0 Å². The van der Waals surface area contributed by atoms with Crippen LogP contribution in [0.5, 0.6) is 5.75 Å². The smallest absolute Gasteiger partial charge is 0.115 e. The van der Waals surface area contributed by atoms with Gasteiger partial charge in [-0.05, 0) is 48.0 Å². The minimum Gasteiger partial charge on any atom is -0.508 e. The molecule has 0 amide bonds. The molecular weight excluding hydrogens is 266 g/mol. The van der Waals surface area contributed by atoms with Gasteiger partial charge in [0.05, 0.1) is 5.69 Å². The highest BCUT2D eigenvalue weighted by Crippen LogP contribution is 2.18. The van der Waals surface area contributed by atoms with Crippen molar-refractivity contribution in [3.63, 3.8) is 0 Å². The van der Waals surface area contributed by atoms with Crippen LogP contribution in [0.15, 0.2) is 58.0 Å². The zero-order valence-electron chi connectivity index (χ0n) is 8.47. The van der Waals surface area contributed by atoms with E-state index in [0.717, 1.165) is 15.7 Å². The van der Waals surface area contributed by atoms with Gasteiger partial charge in [-0.25, -0.2) is 0 Å². The number of phenolic OH excluding ortho intramolecular Hbond substituents is 1. The number of halogens is 1. The van der Waals surface area contributed by atoms with Crippen molar-refractivity contribution < 1.29 is 5.11 Å². The van der Waals surface area contributed by atoms with Crippen molar-refractivity contribution in [3.8, 4) is 5.75 Å². The second-order valence-electron chi connectivity index (χ2n) is 3.33. The van der Waals surface area contributed by atoms with Gasteiger partial charge in [0.25, 0.3) is 0 Å². The van der Waals surface area contributed by atoms with E-state index >= 15 is 0 Å². The van der Waals surface area contributed by atoms with Crippen molar-refractivity contribution >= 4 is 27.8 Å². The number of rotatable bonds is 2. The normalized spacial score (nSPS) is 10.8. The largest absolute Gasteiger partial charge is 0.508 e. The molecule has 0 fully saturated rings. The van der Waals surface area contributed by atoms with Crippen LogP contribution in [-0.4, -0.2) is 11.3 Å². The lowest BCUT2D eigenvalue weighted by Crippen LogP contribution is -1.78. The Morgan fingerprint density at radius 3 is 2.50 bits per heavy atom. The first-order valence-corrected chi connectivity index (χ1v) is 5.62. The predicted molar refractivity (Wildman–Crippen MR) is 69.5 cm³/mol. The zero-order valence-corrected chi connectivity index (χ0v) is 10.1. The van der Waals surface area contributed by atoms with Crippen molar-refractivity contribution in [1.82, 2.24) is 0 Å². The van der Waals surface area contributed by atoms with Crippen LogP contribution in [0.1, 0.15) is 5.56 Å². The van der Waals surface area contributed by atoms with Gasteiger partial charge in [-0.2, -0.15) is 0 Å². The summed E-state index contributed by atoms with van der Waals surface area (Å²) in [4.78, 5) is 4.33. The highest BCUT2D eigenvalue weighted by Gasteiger charge is 1.91. The molecule has 1 N–H and O–H groups in total. The molecule has 2 aromatic carbocycles. The van der Waals surface area contributed by atoms with E-state index in [0.29, 0.717) is 0 Å². The Bertz CT molecular complexity index is 506. The number of phenols is 1. The maximum Gasteiger partial charge on any atom is 0.115 e. The highest BCUT2D eigenvalue weighted by molar-refractivity contribution is 9.10. The molecule has 16 heavy (non-hydrogen) atoms. The molecular formula is C13H10BrNO. The van der Waals surface area contributed by atoms with Gasteiger partial charge in [0, 0.05) is 10.7 Å². The number of benzene rings is 2. The molecule has 0 aliphatic rings. The van der Waals surface area contributed by atoms with Crippen LogP contribution in [0.3, 0.4) is 0 Å². The van der Waals surface area contributed by atoms with E-state index in [4.69, 9.17) is 5.11 Å². The summed E-state index contributed by atoms with van der Waals surface area (Å²) in [7, 11) is 0. The van der Waals surface area contributed by atoms with Crippen molar-refractivity contribution in [2.24, 2.45) is 4.99 Å². The van der Waals surface area contributed by atoms with Crippen LogP contribution in [0.25, 0.3) is 0 Å². The van der Waals surface area contributed by atoms with Gasteiger partial charge in [-0.15, -0.1) is 0 Å². The molecule has 0 bridgehead atoms. The molecule has 0 aromatic heterocycles. The lowest BCUT2D eigenvalue weighted by atomic mass is 10.2. The average Bonchev–Trinajstić information content (AvgIpc) is 2.28. The fourth-order valence-corrected chi connectivity index (χ4v) is 1.65. The van der Waals surface area contributed by atoms with Crippen LogP contribution in [-0.2, 0) is 0 Å². The van der Waals surface area contributed by atoms with E-state index in [1.165, 1.54) is 0 Å². The van der Waals surface area contributed by atoms with Gasteiger partial charge < -0.3 is 5.11 Å². The van der Waals surface area contributed by atoms with Crippen LogP contribution >= 0.6 is 15.9 Å². The van der Waals surface area contributed by atoms with E-state index in [9.17, 15) is 0 Å².